The summed E-state index contributed by atoms with van der Waals surface area (Å²) in [7, 11) is 1.76. The van der Waals surface area contributed by atoms with E-state index in [0.717, 1.165) is 31.3 Å². The first-order valence-electron chi connectivity index (χ1n) is 7.70. The molecule has 1 unspecified atom stereocenters. The monoisotopic (exact) mass is 274 g/mol. The van der Waals surface area contributed by atoms with Crippen molar-refractivity contribution in [2.45, 2.75) is 44.8 Å². The van der Waals surface area contributed by atoms with Gasteiger partial charge in [0.25, 0.3) is 0 Å². The second-order valence-electron chi connectivity index (χ2n) is 6.83. The number of ether oxygens (including phenoxy) is 1. The van der Waals surface area contributed by atoms with Gasteiger partial charge in [0.1, 0.15) is 5.75 Å². The lowest BCUT2D eigenvalue weighted by Crippen LogP contribution is -2.62. The molecule has 1 atom stereocenters. The first kappa shape index (κ1) is 13.9. The zero-order valence-corrected chi connectivity index (χ0v) is 12.9. The maximum Gasteiger partial charge on any atom is 0.123 e. The van der Waals surface area contributed by atoms with Crippen LogP contribution in [0.15, 0.2) is 24.3 Å². The Morgan fingerprint density at radius 2 is 2.05 bits per heavy atom. The number of methoxy groups -OCH3 is 1. The molecule has 1 saturated heterocycles. The van der Waals surface area contributed by atoms with E-state index in [1.807, 2.05) is 6.07 Å². The van der Waals surface area contributed by atoms with Crippen LogP contribution in [0.2, 0.25) is 0 Å². The van der Waals surface area contributed by atoms with Crippen molar-refractivity contribution in [2.24, 2.45) is 5.92 Å². The van der Waals surface area contributed by atoms with Crippen molar-refractivity contribution in [1.29, 1.82) is 0 Å². The largest absolute Gasteiger partial charge is 0.496 e. The van der Waals surface area contributed by atoms with E-state index in [2.05, 4.69) is 42.3 Å². The Labute approximate surface area is 122 Å². The third kappa shape index (κ3) is 2.84. The molecule has 0 aromatic heterocycles. The number of benzene rings is 1. The highest BCUT2D eigenvalue weighted by atomic mass is 16.5. The molecule has 2 aliphatic rings. The topological polar surface area (TPSA) is 24.5 Å². The van der Waals surface area contributed by atoms with Crippen LogP contribution in [0.4, 0.5) is 0 Å². The Kier molecular flexibility index (Phi) is 3.74. The van der Waals surface area contributed by atoms with E-state index in [4.69, 9.17) is 4.74 Å². The standard InChI is InChI=1S/C17H26N2O/c1-17(2)12-18-15(13-8-9-13)11-19(17)10-14-6-4-5-7-16(14)20-3/h4-7,13,15,18H,8-12H2,1-3H3. The SMILES string of the molecule is COc1ccccc1CN1CC(C2CC2)NCC1(C)C. The highest BCUT2D eigenvalue weighted by Crippen LogP contribution is 2.36. The Hall–Kier alpha value is -1.06. The van der Waals surface area contributed by atoms with E-state index < -0.39 is 0 Å². The molecule has 1 heterocycles. The van der Waals surface area contributed by atoms with E-state index >= 15 is 0 Å². The van der Waals surface area contributed by atoms with Gasteiger partial charge >= 0.3 is 0 Å². The third-order valence-corrected chi connectivity index (χ3v) is 4.81. The van der Waals surface area contributed by atoms with Crippen molar-refractivity contribution in [2.75, 3.05) is 20.2 Å². The van der Waals surface area contributed by atoms with Crippen molar-refractivity contribution < 1.29 is 4.74 Å². The van der Waals surface area contributed by atoms with Gasteiger partial charge in [-0.2, -0.15) is 0 Å². The van der Waals surface area contributed by atoms with Gasteiger partial charge in [-0.05, 0) is 38.7 Å². The van der Waals surface area contributed by atoms with Gasteiger partial charge in [-0.25, -0.2) is 0 Å². The average Bonchev–Trinajstić information content (AvgIpc) is 3.26. The minimum atomic E-state index is 0.201. The molecule has 0 spiro atoms. The zero-order valence-electron chi connectivity index (χ0n) is 12.9. The van der Waals surface area contributed by atoms with Crippen molar-refractivity contribution in [1.82, 2.24) is 10.2 Å². The minimum absolute atomic E-state index is 0.201. The third-order valence-electron chi connectivity index (χ3n) is 4.81. The second-order valence-corrected chi connectivity index (χ2v) is 6.83. The van der Waals surface area contributed by atoms with Crippen molar-refractivity contribution in [3.05, 3.63) is 29.8 Å². The lowest BCUT2D eigenvalue weighted by Gasteiger charge is -2.46. The summed E-state index contributed by atoms with van der Waals surface area (Å²) >= 11 is 0. The fourth-order valence-electron chi connectivity index (χ4n) is 3.17. The zero-order chi connectivity index (χ0) is 14.2. The summed E-state index contributed by atoms with van der Waals surface area (Å²) in [5, 5.41) is 3.74. The van der Waals surface area contributed by atoms with Crippen molar-refractivity contribution >= 4 is 0 Å². The number of hydrogen-bond donors (Lipinski definition) is 1. The second kappa shape index (κ2) is 5.38. The Balaban J connectivity index is 1.75. The van der Waals surface area contributed by atoms with E-state index in [1.165, 1.54) is 18.4 Å². The maximum atomic E-state index is 5.50. The molecule has 20 heavy (non-hydrogen) atoms. The first-order chi connectivity index (χ1) is 9.60. The molecule has 1 aliphatic heterocycles. The molecule has 0 radical (unpaired) electrons. The summed E-state index contributed by atoms with van der Waals surface area (Å²) in [5.41, 5.74) is 1.49. The van der Waals surface area contributed by atoms with Crippen LogP contribution in [-0.4, -0.2) is 36.7 Å². The smallest absolute Gasteiger partial charge is 0.123 e. The van der Waals surface area contributed by atoms with Crippen LogP contribution in [0.25, 0.3) is 0 Å². The highest BCUT2D eigenvalue weighted by Gasteiger charge is 2.40. The molecule has 1 aliphatic carbocycles. The summed E-state index contributed by atoms with van der Waals surface area (Å²) in [4.78, 5) is 2.62. The first-order valence-corrected chi connectivity index (χ1v) is 7.70. The van der Waals surface area contributed by atoms with E-state index in [-0.39, 0.29) is 5.54 Å². The molecule has 3 rings (SSSR count). The number of hydrogen-bond acceptors (Lipinski definition) is 3. The van der Waals surface area contributed by atoms with Gasteiger partial charge in [-0.15, -0.1) is 0 Å². The van der Waals surface area contributed by atoms with Crippen LogP contribution >= 0.6 is 0 Å². The lowest BCUT2D eigenvalue weighted by molar-refractivity contribution is 0.0527. The van der Waals surface area contributed by atoms with Gasteiger partial charge in [-0.1, -0.05) is 18.2 Å². The average molecular weight is 274 g/mol. The van der Waals surface area contributed by atoms with Crippen molar-refractivity contribution in [3.63, 3.8) is 0 Å². The van der Waals surface area contributed by atoms with E-state index in [9.17, 15) is 0 Å². The molecule has 1 aromatic rings. The van der Waals surface area contributed by atoms with E-state index in [0.29, 0.717) is 6.04 Å². The van der Waals surface area contributed by atoms with Crippen LogP contribution in [0.1, 0.15) is 32.3 Å². The molecule has 110 valence electrons. The number of nitrogens with zero attached hydrogens (tertiary/aromatic N) is 1. The number of para-hydroxylation sites is 1. The normalized spacial score (nSPS) is 26.4. The van der Waals surface area contributed by atoms with Crippen LogP contribution in [0, 0.1) is 5.92 Å². The molecular weight excluding hydrogens is 248 g/mol. The van der Waals surface area contributed by atoms with Gasteiger partial charge < -0.3 is 10.1 Å². The Morgan fingerprint density at radius 3 is 2.75 bits per heavy atom. The molecule has 3 heteroatoms. The summed E-state index contributed by atoms with van der Waals surface area (Å²) in [5.74, 6) is 1.91. The molecule has 1 saturated carbocycles. The summed E-state index contributed by atoms with van der Waals surface area (Å²) in [6.07, 6.45) is 2.81. The van der Waals surface area contributed by atoms with Gasteiger partial charge in [0.05, 0.1) is 7.11 Å². The van der Waals surface area contributed by atoms with Crippen LogP contribution < -0.4 is 10.1 Å². The Bertz CT molecular complexity index is 468. The quantitative estimate of drug-likeness (QED) is 0.913. The fourth-order valence-corrected chi connectivity index (χ4v) is 3.17. The van der Waals surface area contributed by atoms with Crippen LogP contribution in [-0.2, 0) is 6.54 Å². The van der Waals surface area contributed by atoms with Gasteiger partial charge in [0.2, 0.25) is 0 Å². The fraction of sp³-hybridized carbons (Fsp3) is 0.647. The van der Waals surface area contributed by atoms with E-state index in [1.54, 1.807) is 7.11 Å². The van der Waals surface area contributed by atoms with Gasteiger partial charge in [0.15, 0.2) is 0 Å². The summed E-state index contributed by atoms with van der Waals surface area (Å²) in [6.45, 7) is 7.86. The lowest BCUT2D eigenvalue weighted by atomic mass is 9.95. The predicted octanol–water partition coefficient (Wildman–Crippen LogP) is 2.66. The number of piperazine rings is 1. The number of rotatable bonds is 4. The predicted molar refractivity (Wildman–Crippen MR) is 82.0 cm³/mol. The molecule has 0 amide bonds. The molecular formula is C17H26N2O. The molecule has 1 N–H and O–H groups in total. The maximum absolute atomic E-state index is 5.50. The summed E-state index contributed by atoms with van der Waals surface area (Å²) in [6, 6.07) is 9.06. The molecule has 3 nitrogen and oxygen atoms in total. The van der Waals surface area contributed by atoms with Gasteiger partial charge in [0, 0.05) is 36.8 Å². The molecule has 1 aromatic carbocycles. The molecule has 0 bridgehead atoms. The number of nitrogens with one attached hydrogen (secondary N) is 1. The Morgan fingerprint density at radius 1 is 1.30 bits per heavy atom. The van der Waals surface area contributed by atoms with Crippen molar-refractivity contribution in [3.8, 4) is 5.75 Å². The molecule has 2 fully saturated rings. The van der Waals surface area contributed by atoms with Gasteiger partial charge in [-0.3, -0.25) is 4.90 Å². The van der Waals surface area contributed by atoms with Crippen LogP contribution in [0.3, 0.4) is 0 Å². The summed E-state index contributed by atoms with van der Waals surface area (Å²) < 4.78 is 5.50. The van der Waals surface area contributed by atoms with Crippen LogP contribution in [0.5, 0.6) is 5.75 Å². The minimum Gasteiger partial charge on any atom is -0.496 e. The highest BCUT2D eigenvalue weighted by molar-refractivity contribution is 5.33.